The predicted molar refractivity (Wildman–Crippen MR) is 116 cm³/mol. The molecule has 2 aromatic carbocycles. The number of amides is 2. The molecule has 1 aliphatic heterocycles. The summed E-state index contributed by atoms with van der Waals surface area (Å²) in [5.74, 6) is 1.40. The minimum atomic E-state index is -0.301. The monoisotopic (exact) mass is 435 g/mol. The fraction of sp³-hybridized carbons (Fsp3) is 0.292. The highest BCUT2D eigenvalue weighted by Crippen LogP contribution is 2.33. The highest BCUT2D eigenvalue weighted by Gasteiger charge is 2.23. The van der Waals surface area contributed by atoms with E-state index in [4.69, 9.17) is 14.0 Å². The number of hydrogen-bond acceptors (Lipinski definition) is 6. The number of aromatic nitrogens is 1. The van der Waals surface area contributed by atoms with Gasteiger partial charge in [-0.05, 0) is 29.7 Å². The molecule has 0 saturated carbocycles. The molecular formula is C24H25N3O5. The van der Waals surface area contributed by atoms with Crippen LogP contribution in [0, 0.1) is 5.92 Å². The molecule has 0 fully saturated rings. The van der Waals surface area contributed by atoms with Crippen LogP contribution in [0.2, 0.25) is 0 Å². The van der Waals surface area contributed by atoms with Gasteiger partial charge in [0.15, 0.2) is 23.0 Å². The van der Waals surface area contributed by atoms with E-state index in [-0.39, 0.29) is 30.8 Å². The average Bonchev–Trinajstić information content (AvgIpc) is 3.46. The number of benzene rings is 2. The quantitative estimate of drug-likeness (QED) is 0.581. The van der Waals surface area contributed by atoms with Gasteiger partial charge in [-0.3, -0.25) is 9.59 Å². The molecule has 2 heterocycles. The molecule has 1 N–H and O–H groups in total. The zero-order valence-corrected chi connectivity index (χ0v) is 18.0. The molecule has 0 atom stereocenters. The molecule has 2 amide bonds. The van der Waals surface area contributed by atoms with Crippen molar-refractivity contribution >= 4 is 11.8 Å². The molecule has 0 radical (unpaired) electrons. The zero-order valence-electron chi connectivity index (χ0n) is 18.0. The first kappa shape index (κ1) is 21.4. The highest BCUT2D eigenvalue weighted by atomic mass is 16.7. The van der Waals surface area contributed by atoms with E-state index >= 15 is 0 Å². The minimum Gasteiger partial charge on any atom is -0.454 e. The molecule has 0 unspecified atom stereocenters. The first-order valence-electron chi connectivity index (χ1n) is 10.5. The van der Waals surface area contributed by atoms with Crippen molar-refractivity contribution in [3.63, 3.8) is 0 Å². The van der Waals surface area contributed by atoms with Gasteiger partial charge in [0.25, 0.3) is 11.8 Å². The van der Waals surface area contributed by atoms with Gasteiger partial charge in [-0.25, -0.2) is 0 Å². The molecule has 32 heavy (non-hydrogen) atoms. The number of nitrogens with zero attached hydrogens (tertiary/aromatic N) is 2. The van der Waals surface area contributed by atoms with Gasteiger partial charge in [0, 0.05) is 24.7 Å². The molecule has 0 spiro atoms. The third-order valence-electron chi connectivity index (χ3n) is 4.93. The maximum absolute atomic E-state index is 13.4. The summed E-state index contributed by atoms with van der Waals surface area (Å²) in [6.45, 7) is 5.23. The smallest absolute Gasteiger partial charge is 0.273 e. The molecule has 0 bridgehead atoms. The molecule has 8 nitrogen and oxygen atoms in total. The molecule has 3 aromatic rings. The summed E-state index contributed by atoms with van der Waals surface area (Å²) in [4.78, 5) is 27.3. The van der Waals surface area contributed by atoms with Crippen molar-refractivity contribution in [2.24, 2.45) is 5.92 Å². The van der Waals surface area contributed by atoms with E-state index < -0.39 is 0 Å². The Balaban J connectivity index is 1.53. The number of carbonyl (C=O) groups is 2. The second kappa shape index (κ2) is 9.55. The van der Waals surface area contributed by atoms with Crippen molar-refractivity contribution in [3.05, 3.63) is 77.2 Å². The lowest BCUT2D eigenvalue weighted by atomic mass is 10.1. The summed E-state index contributed by atoms with van der Waals surface area (Å²) >= 11 is 0. The Kier molecular flexibility index (Phi) is 6.39. The summed E-state index contributed by atoms with van der Waals surface area (Å²) in [6, 6.07) is 16.3. The number of ether oxygens (including phenoxy) is 2. The van der Waals surface area contributed by atoms with Crippen LogP contribution in [0.5, 0.6) is 11.5 Å². The largest absolute Gasteiger partial charge is 0.454 e. The topological polar surface area (TPSA) is 93.9 Å². The van der Waals surface area contributed by atoms with Crippen LogP contribution in [0.3, 0.4) is 0 Å². The van der Waals surface area contributed by atoms with Crippen LogP contribution in [-0.4, -0.2) is 35.2 Å². The van der Waals surface area contributed by atoms with Crippen molar-refractivity contribution in [3.8, 4) is 11.5 Å². The van der Waals surface area contributed by atoms with Gasteiger partial charge in [0.2, 0.25) is 6.79 Å². The van der Waals surface area contributed by atoms with E-state index in [1.807, 2.05) is 44.2 Å². The van der Waals surface area contributed by atoms with Crippen LogP contribution in [0.15, 0.2) is 59.1 Å². The van der Waals surface area contributed by atoms with Crippen LogP contribution in [0.1, 0.15) is 46.0 Å². The number of fused-ring (bicyclic) bond motifs is 1. The third-order valence-corrected chi connectivity index (χ3v) is 4.93. The van der Waals surface area contributed by atoms with E-state index in [2.05, 4.69) is 10.5 Å². The molecule has 4 rings (SSSR count). The van der Waals surface area contributed by atoms with Crippen LogP contribution in [0.4, 0.5) is 0 Å². The van der Waals surface area contributed by atoms with E-state index in [1.54, 1.807) is 29.2 Å². The molecule has 0 aliphatic carbocycles. The van der Waals surface area contributed by atoms with E-state index in [0.717, 1.165) is 5.56 Å². The molecule has 1 aliphatic rings. The summed E-state index contributed by atoms with van der Waals surface area (Å²) in [6.07, 6.45) is 0. The molecule has 0 saturated heterocycles. The molecular weight excluding hydrogens is 410 g/mol. The summed E-state index contributed by atoms with van der Waals surface area (Å²) in [5.41, 5.74) is 1.63. The van der Waals surface area contributed by atoms with Crippen molar-refractivity contribution in [1.82, 2.24) is 15.4 Å². The molecule has 8 heteroatoms. The van der Waals surface area contributed by atoms with Crippen molar-refractivity contribution in [2.45, 2.75) is 26.9 Å². The maximum atomic E-state index is 13.4. The summed E-state index contributed by atoms with van der Waals surface area (Å²) < 4.78 is 16.1. The molecule has 166 valence electrons. The van der Waals surface area contributed by atoms with Crippen LogP contribution in [-0.2, 0) is 13.1 Å². The predicted octanol–water partition coefficient (Wildman–Crippen LogP) is 3.63. The maximum Gasteiger partial charge on any atom is 0.273 e. The van der Waals surface area contributed by atoms with Gasteiger partial charge in [0.05, 0.1) is 6.54 Å². The van der Waals surface area contributed by atoms with Crippen molar-refractivity contribution in [1.29, 1.82) is 0 Å². The van der Waals surface area contributed by atoms with Crippen LogP contribution < -0.4 is 14.8 Å². The standard InChI is InChI=1S/C24H25N3O5/c1-16(2)12-25-23(28)20-11-19(32-26-20)14-27(13-17-6-4-3-5-7-17)24(29)18-8-9-21-22(10-18)31-15-30-21/h3-11,16H,12-15H2,1-2H3,(H,25,28). The van der Waals surface area contributed by atoms with Crippen molar-refractivity contribution in [2.75, 3.05) is 13.3 Å². The summed E-state index contributed by atoms with van der Waals surface area (Å²) in [7, 11) is 0. The van der Waals surface area contributed by atoms with Gasteiger partial charge in [-0.1, -0.05) is 49.3 Å². The molecule has 1 aromatic heterocycles. The fourth-order valence-corrected chi connectivity index (χ4v) is 3.29. The SMILES string of the molecule is CC(C)CNC(=O)c1cc(CN(Cc2ccccc2)C(=O)c2ccc3c(c2)OCO3)on1. The second-order valence-corrected chi connectivity index (χ2v) is 8.00. The lowest BCUT2D eigenvalue weighted by Gasteiger charge is -2.22. The highest BCUT2D eigenvalue weighted by molar-refractivity contribution is 5.95. The second-order valence-electron chi connectivity index (χ2n) is 8.00. The minimum absolute atomic E-state index is 0.139. The van der Waals surface area contributed by atoms with Gasteiger partial charge < -0.3 is 24.2 Å². The first-order valence-corrected chi connectivity index (χ1v) is 10.5. The zero-order chi connectivity index (χ0) is 22.5. The number of carbonyl (C=O) groups excluding carboxylic acids is 2. The Morgan fingerprint density at radius 1 is 1.03 bits per heavy atom. The Bertz CT molecular complexity index is 1090. The fourth-order valence-electron chi connectivity index (χ4n) is 3.29. The number of hydrogen-bond donors (Lipinski definition) is 1. The van der Waals surface area contributed by atoms with Gasteiger partial charge in [-0.2, -0.15) is 0 Å². The van der Waals surface area contributed by atoms with E-state index in [0.29, 0.717) is 41.8 Å². The third kappa shape index (κ3) is 5.08. The lowest BCUT2D eigenvalue weighted by Crippen LogP contribution is -2.30. The van der Waals surface area contributed by atoms with E-state index in [9.17, 15) is 9.59 Å². The number of nitrogens with one attached hydrogen (secondary N) is 1. The Morgan fingerprint density at radius 2 is 1.81 bits per heavy atom. The summed E-state index contributed by atoms with van der Waals surface area (Å²) in [5, 5.41) is 6.68. The Hall–Kier alpha value is -3.81. The van der Waals surface area contributed by atoms with E-state index in [1.165, 1.54) is 0 Å². The van der Waals surface area contributed by atoms with Crippen LogP contribution >= 0.6 is 0 Å². The van der Waals surface area contributed by atoms with Crippen LogP contribution in [0.25, 0.3) is 0 Å². The van der Waals surface area contributed by atoms with Gasteiger partial charge in [-0.15, -0.1) is 0 Å². The van der Waals surface area contributed by atoms with Gasteiger partial charge >= 0.3 is 0 Å². The van der Waals surface area contributed by atoms with Gasteiger partial charge in [0.1, 0.15) is 0 Å². The average molecular weight is 435 g/mol. The normalized spacial score (nSPS) is 12.1. The lowest BCUT2D eigenvalue weighted by molar-refractivity contribution is 0.0712. The van der Waals surface area contributed by atoms with Crippen molar-refractivity contribution < 1.29 is 23.6 Å². The Labute approximate surface area is 186 Å². The Morgan fingerprint density at radius 3 is 2.59 bits per heavy atom. The first-order chi connectivity index (χ1) is 15.5. The number of rotatable bonds is 8.